The molecule has 1 N–H and O–H groups in total. The maximum atomic E-state index is 5.29. The number of hydrogen-bond donors (Lipinski definition) is 1. The van der Waals surface area contributed by atoms with Crippen molar-refractivity contribution in [1.82, 2.24) is 4.98 Å². The Bertz CT molecular complexity index is 570. The summed E-state index contributed by atoms with van der Waals surface area (Å²) in [7, 11) is 0. The Balaban J connectivity index is 1.69. The highest BCUT2D eigenvalue weighted by Gasteiger charge is 2.12. The van der Waals surface area contributed by atoms with E-state index in [4.69, 9.17) is 9.47 Å². The molecule has 1 aliphatic heterocycles. The van der Waals surface area contributed by atoms with Crippen LogP contribution >= 0.6 is 0 Å². The Hall–Kier alpha value is -2.56. The minimum Gasteiger partial charge on any atom is -0.454 e. The van der Waals surface area contributed by atoms with Gasteiger partial charge in [0.1, 0.15) is 5.82 Å². The van der Waals surface area contributed by atoms with Crippen molar-refractivity contribution in [1.29, 1.82) is 0 Å². The summed E-state index contributed by atoms with van der Waals surface area (Å²) >= 11 is 0. The van der Waals surface area contributed by atoms with Crippen LogP contribution in [0.25, 0.3) is 0 Å². The number of aromatic nitrogens is 1. The smallest absolute Gasteiger partial charge is 0.231 e. The Morgan fingerprint density at radius 1 is 1.17 bits per heavy atom. The van der Waals surface area contributed by atoms with Gasteiger partial charge in [0, 0.05) is 6.20 Å². The van der Waals surface area contributed by atoms with E-state index < -0.39 is 0 Å². The molecular formula is C13H11N3O2. The third kappa shape index (κ3) is 2.24. The molecule has 0 bridgehead atoms. The van der Waals surface area contributed by atoms with Crippen LogP contribution in [0.1, 0.15) is 5.56 Å². The van der Waals surface area contributed by atoms with Crippen molar-refractivity contribution in [2.24, 2.45) is 5.10 Å². The fraction of sp³-hybridized carbons (Fsp3) is 0.0769. The largest absolute Gasteiger partial charge is 0.454 e. The number of nitrogens with zero attached hydrogens (tertiary/aromatic N) is 2. The van der Waals surface area contributed by atoms with E-state index in [1.165, 1.54) is 0 Å². The molecule has 0 aliphatic carbocycles. The third-order valence-electron chi connectivity index (χ3n) is 2.45. The molecule has 1 aromatic carbocycles. The number of rotatable bonds is 3. The summed E-state index contributed by atoms with van der Waals surface area (Å²) in [6.45, 7) is 0.280. The topological polar surface area (TPSA) is 55.7 Å². The summed E-state index contributed by atoms with van der Waals surface area (Å²) in [5.74, 6) is 2.22. The van der Waals surface area contributed by atoms with Crippen LogP contribution < -0.4 is 14.9 Å². The molecule has 5 nitrogen and oxygen atoms in total. The van der Waals surface area contributed by atoms with Crippen LogP contribution in [0.5, 0.6) is 11.5 Å². The van der Waals surface area contributed by atoms with E-state index >= 15 is 0 Å². The van der Waals surface area contributed by atoms with Gasteiger partial charge in [-0.1, -0.05) is 6.07 Å². The summed E-state index contributed by atoms with van der Waals surface area (Å²) in [4.78, 5) is 4.10. The number of fused-ring (bicyclic) bond motifs is 1. The standard InChI is InChI=1S/C13H11N3O2/c1-2-6-14-13(3-1)16-15-8-10-4-5-11-12(7-10)18-9-17-11/h1-8H,9H2,(H,14,16)/b15-8+. The van der Waals surface area contributed by atoms with Crippen LogP contribution in [0.15, 0.2) is 47.7 Å². The van der Waals surface area contributed by atoms with E-state index in [1.54, 1.807) is 12.4 Å². The van der Waals surface area contributed by atoms with E-state index in [0.717, 1.165) is 17.1 Å². The van der Waals surface area contributed by atoms with Crippen molar-refractivity contribution in [3.05, 3.63) is 48.2 Å². The molecule has 18 heavy (non-hydrogen) atoms. The molecule has 0 atom stereocenters. The van der Waals surface area contributed by atoms with Gasteiger partial charge < -0.3 is 9.47 Å². The van der Waals surface area contributed by atoms with Gasteiger partial charge in [0.05, 0.1) is 6.21 Å². The lowest BCUT2D eigenvalue weighted by Crippen LogP contribution is -1.93. The average Bonchev–Trinajstić information content (AvgIpc) is 2.87. The van der Waals surface area contributed by atoms with Crippen LogP contribution in [0.3, 0.4) is 0 Å². The summed E-state index contributed by atoms with van der Waals surface area (Å²) in [5, 5.41) is 4.10. The normalized spacial score (nSPS) is 12.9. The maximum absolute atomic E-state index is 5.29. The molecule has 0 fully saturated rings. The number of hydrazone groups is 1. The van der Waals surface area contributed by atoms with Crippen LogP contribution in [0.2, 0.25) is 0 Å². The fourth-order valence-corrected chi connectivity index (χ4v) is 1.60. The van der Waals surface area contributed by atoms with Gasteiger partial charge in [0.25, 0.3) is 0 Å². The zero-order chi connectivity index (χ0) is 12.2. The van der Waals surface area contributed by atoms with E-state index in [2.05, 4.69) is 15.5 Å². The van der Waals surface area contributed by atoms with Gasteiger partial charge in [-0.15, -0.1) is 0 Å². The quantitative estimate of drug-likeness (QED) is 0.661. The molecule has 0 saturated carbocycles. The highest BCUT2D eigenvalue weighted by Crippen LogP contribution is 2.31. The lowest BCUT2D eigenvalue weighted by molar-refractivity contribution is 0.174. The second kappa shape index (κ2) is 4.75. The molecule has 0 unspecified atom stereocenters. The second-order valence-electron chi connectivity index (χ2n) is 3.70. The Kier molecular flexibility index (Phi) is 2.79. The first-order valence-electron chi connectivity index (χ1n) is 5.51. The van der Waals surface area contributed by atoms with Crippen molar-refractivity contribution < 1.29 is 9.47 Å². The molecule has 1 aliphatic rings. The van der Waals surface area contributed by atoms with Crippen molar-refractivity contribution >= 4 is 12.0 Å². The molecule has 0 radical (unpaired) electrons. The minimum atomic E-state index is 0.280. The van der Waals surface area contributed by atoms with E-state index in [-0.39, 0.29) is 6.79 Å². The number of nitrogens with one attached hydrogen (secondary N) is 1. The predicted molar refractivity (Wildman–Crippen MR) is 68.0 cm³/mol. The number of ether oxygens (including phenoxy) is 2. The van der Waals surface area contributed by atoms with Crippen molar-refractivity contribution in [3.63, 3.8) is 0 Å². The summed E-state index contributed by atoms with van der Waals surface area (Å²) < 4.78 is 10.5. The predicted octanol–water partition coefficient (Wildman–Crippen LogP) is 2.26. The SMILES string of the molecule is C(=N\Nc1ccccn1)/c1ccc2c(c1)OCO2. The number of pyridine rings is 1. The highest BCUT2D eigenvalue weighted by atomic mass is 16.7. The number of benzene rings is 1. The lowest BCUT2D eigenvalue weighted by Gasteiger charge is -1.99. The lowest BCUT2D eigenvalue weighted by atomic mass is 10.2. The van der Waals surface area contributed by atoms with Gasteiger partial charge in [-0.25, -0.2) is 4.98 Å². The molecule has 1 aromatic heterocycles. The van der Waals surface area contributed by atoms with Gasteiger partial charge in [-0.2, -0.15) is 5.10 Å². The first-order valence-corrected chi connectivity index (χ1v) is 5.51. The molecule has 2 heterocycles. The highest BCUT2D eigenvalue weighted by molar-refractivity contribution is 5.81. The zero-order valence-electron chi connectivity index (χ0n) is 9.54. The monoisotopic (exact) mass is 241 g/mol. The molecule has 3 rings (SSSR count). The van der Waals surface area contributed by atoms with Gasteiger partial charge in [0.2, 0.25) is 6.79 Å². The Labute approximate surface area is 104 Å². The Morgan fingerprint density at radius 2 is 2.11 bits per heavy atom. The molecular weight excluding hydrogens is 230 g/mol. The van der Waals surface area contributed by atoms with Crippen molar-refractivity contribution in [2.45, 2.75) is 0 Å². The number of anilines is 1. The van der Waals surface area contributed by atoms with Crippen LogP contribution in [0.4, 0.5) is 5.82 Å². The van der Waals surface area contributed by atoms with Gasteiger partial charge in [0.15, 0.2) is 11.5 Å². The summed E-state index contributed by atoms with van der Waals surface area (Å²) in [6.07, 6.45) is 3.41. The first kappa shape index (κ1) is 10.6. The molecule has 2 aromatic rings. The van der Waals surface area contributed by atoms with E-state index in [9.17, 15) is 0 Å². The third-order valence-corrected chi connectivity index (χ3v) is 2.45. The van der Waals surface area contributed by atoms with Gasteiger partial charge in [-0.3, -0.25) is 5.43 Å². The Morgan fingerprint density at radius 3 is 3.00 bits per heavy atom. The van der Waals surface area contributed by atoms with Crippen molar-refractivity contribution in [2.75, 3.05) is 12.2 Å². The maximum Gasteiger partial charge on any atom is 0.231 e. The summed E-state index contributed by atoms with van der Waals surface area (Å²) in [6, 6.07) is 11.3. The molecule has 90 valence electrons. The van der Waals surface area contributed by atoms with Crippen LogP contribution in [-0.4, -0.2) is 18.0 Å². The van der Waals surface area contributed by atoms with Crippen LogP contribution in [-0.2, 0) is 0 Å². The first-order chi connectivity index (χ1) is 8.92. The van der Waals surface area contributed by atoms with Crippen LogP contribution in [0, 0.1) is 0 Å². The average molecular weight is 241 g/mol. The van der Waals surface area contributed by atoms with Gasteiger partial charge >= 0.3 is 0 Å². The number of hydrogen-bond acceptors (Lipinski definition) is 5. The molecule has 0 spiro atoms. The minimum absolute atomic E-state index is 0.280. The zero-order valence-corrected chi connectivity index (χ0v) is 9.54. The van der Waals surface area contributed by atoms with Gasteiger partial charge in [-0.05, 0) is 35.9 Å². The second-order valence-corrected chi connectivity index (χ2v) is 3.70. The fourth-order valence-electron chi connectivity index (χ4n) is 1.60. The summed E-state index contributed by atoms with van der Waals surface area (Å²) in [5.41, 5.74) is 3.78. The molecule has 0 amide bonds. The van der Waals surface area contributed by atoms with Crippen molar-refractivity contribution in [3.8, 4) is 11.5 Å². The van der Waals surface area contributed by atoms with E-state index in [0.29, 0.717) is 5.82 Å². The van der Waals surface area contributed by atoms with E-state index in [1.807, 2.05) is 36.4 Å². The molecule has 0 saturated heterocycles. The molecule has 5 heteroatoms.